The van der Waals surface area contributed by atoms with Crippen LogP contribution in [-0.4, -0.2) is 15.0 Å². The molecule has 0 spiro atoms. The normalized spacial score (nSPS) is 11.0. The Morgan fingerprint density at radius 3 is 1.77 bits per heavy atom. The Morgan fingerprint density at radius 1 is 0.613 bits per heavy atom. The summed E-state index contributed by atoms with van der Waals surface area (Å²) in [5.74, 6) is 2.75. The van der Waals surface area contributed by atoms with Crippen molar-refractivity contribution in [2.24, 2.45) is 0 Å². The van der Waals surface area contributed by atoms with E-state index in [1.54, 1.807) is 0 Å². The van der Waals surface area contributed by atoms with Crippen LogP contribution in [0, 0.1) is 0 Å². The van der Waals surface area contributed by atoms with Crippen molar-refractivity contribution in [2.45, 2.75) is 60.3 Å². The molecule has 1 aliphatic rings. The average molecular weight is 412 g/mol. The molecule has 0 fully saturated rings. The molecule has 31 heavy (non-hydrogen) atoms. The van der Waals surface area contributed by atoms with Gasteiger partial charge in [0, 0.05) is 19.3 Å². The second-order valence-electron chi connectivity index (χ2n) is 7.29. The molecule has 1 aliphatic carbocycles. The SMILES string of the molecule is CC.CCc1nc(CC)nc(CC)n1.c1ccc2c(c1)Cc1c-2ccc2ccccc12. The summed E-state index contributed by atoms with van der Waals surface area (Å²) >= 11 is 0. The second kappa shape index (κ2) is 10.8. The van der Waals surface area contributed by atoms with Crippen LogP contribution in [0.4, 0.5) is 0 Å². The van der Waals surface area contributed by atoms with Crippen molar-refractivity contribution in [3.05, 3.63) is 89.3 Å². The second-order valence-corrected chi connectivity index (χ2v) is 7.29. The molecule has 4 aromatic rings. The smallest absolute Gasteiger partial charge is 0.132 e. The van der Waals surface area contributed by atoms with E-state index in [1.807, 2.05) is 13.8 Å². The van der Waals surface area contributed by atoms with Crippen LogP contribution in [0.2, 0.25) is 0 Å². The standard InChI is InChI=1S/C17H12.C9H15N3.C2H6/c1-3-7-14-12(5-1)9-10-16-15-8-4-2-6-13(15)11-17(14)16;1-4-7-10-8(5-2)12-9(6-3)11-7;1-2/h1-10H,11H2;4-6H2,1-3H3;1-2H3. The van der Waals surface area contributed by atoms with Gasteiger partial charge in [-0.1, -0.05) is 95.3 Å². The summed E-state index contributed by atoms with van der Waals surface area (Å²) in [5, 5.41) is 2.75. The third-order valence-electron chi connectivity index (χ3n) is 5.44. The number of aromatic nitrogens is 3. The number of hydrogen-bond acceptors (Lipinski definition) is 3. The molecule has 1 heterocycles. The molecule has 0 saturated carbocycles. The number of fused-ring (bicyclic) bond motifs is 5. The largest absolute Gasteiger partial charge is 0.218 e. The number of benzene rings is 3. The third kappa shape index (κ3) is 4.99. The lowest BCUT2D eigenvalue weighted by molar-refractivity contribution is 0.772. The molecule has 1 aromatic heterocycles. The average Bonchev–Trinajstić information content (AvgIpc) is 3.24. The van der Waals surface area contributed by atoms with E-state index in [2.05, 4.69) is 96.4 Å². The van der Waals surface area contributed by atoms with Gasteiger partial charge in [0.1, 0.15) is 17.5 Å². The minimum absolute atomic E-state index is 0.891. The molecule has 0 saturated heterocycles. The highest BCUT2D eigenvalue weighted by Crippen LogP contribution is 2.39. The van der Waals surface area contributed by atoms with Crippen LogP contribution < -0.4 is 0 Å². The number of aryl methyl sites for hydroxylation is 3. The lowest BCUT2D eigenvalue weighted by atomic mass is 9.99. The van der Waals surface area contributed by atoms with Crippen molar-refractivity contribution in [3.8, 4) is 11.1 Å². The maximum absolute atomic E-state index is 4.30. The summed E-state index contributed by atoms with van der Waals surface area (Å²) in [5.41, 5.74) is 5.77. The molecule has 0 aliphatic heterocycles. The Bertz CT molecular complexity index is 1090. The van der Waals surface area contributed by atoms with Gasteiger partial charge in [-0.2, -0.15) is 0 Å². The van der Waals surface area contributed by atoms with Gasteiger partial charge in [0.25, 0.3) is 0 Å². The lowest BCUT2D eigenvalue weighted by Gasteiger charge is -2.05. The Labute approximate surface area is 186 Å². The number of rotatable bonds is 3. The van der Waals surface area contributed by atoms with E-state index in [9.17, 15) is 0 Å². The van der Waals surface area contributed by atoms with E-state index in [1.165, 1.54) is 33.0 Å². The molecule has 3 nitrogen and oxygen atoms in total. The van der Waals surface area contributed by atoms with Crippen molar-refractivity contribution >= 4 is 10.8 Å². The van der Waals surface area contributed by atoms with Gasteiger partial charge in [-0.3, -0.25) is 0 Å². The molecule has 0 bridgehead atoms. The first kappa shape index (κ1) is 22.6. The van der Waals surface area contributed by atoms with Crippen LogP contribution in [0.1, 0.15) is 63.2 Å². The van der Waals surface area contributed by atoms with Gasteiger partial charge in [-0.25, -0.2) is 15.0 Å². The van der Waals surface area contributed by atoms with Crippen molar-refractivity contribution in [3.63, 3.8) is 0 Å². The van der Waals surface area contributed by atoms with Gasteiger partial charge in [0.15, 0.2) is 0 Å². The summed E-state index contributed by atoms with van der Waals surface area (Å²) in [6.45, 7) is 10.2. The summed E-state index contributed by atoms with van der Waals surface area (Å²) in [7, 11) is 0. The fourth-order valence-corrected chi connectivity index (χ4v) is 3.90. The first-order chi connectivity index (χ1) is 15.2. The van der Waals surface area contributed by atoms with Crippen LogP contribution in [-0.2, 0) is 25.7 Å². The minimum Gasteiger partial charge on any atom is -0.218 e. The lowest BCUT2D eigenvalue weighted by Crippen LogP contribution is -2.05. The minimum atomic E-state index is 0.891. The van der Waals surface area contributed by atoms with Gasteiger partial charge in [-0.05, 0) is 39.4 Å². The zero-order chi connectivity index (χ0) is 22.2. The molecule has 5 rings (SSSR count). The Hall–Kier alpha value is -3.07. The van der Waals surface area contributed by atoms with Gasteiger partial charge in [-0.15, -0.1) is 0 Å². The molecule has 0 unspecified atom stereocenters. The van der Waals surface area contributed by atoms with Crippen molar-refractivity contribution < 1.29 is 0 Å². The molecular formula is C28H33N3. The topological polar surface area (TPSA) is 38.7 Å². The highest BCUT2D eigenvalue weighted by Gasteiger charge is 2.19. The predicted molar refractivity (Wildman–Crippen MR) is 131 cm³/mol. The van der Waals surface area contributed by atoms with E-state index in [-0.39, 0.29) is 0 Å². The number of nitrogens with zero attached hydrogens (tertiary/aromatic N) is 3. The summed E-state index contributed by atoms with van der Waals surface area (Å²) in [6, 6.07) is 21.9. The first-order valence-electron chi connectivity index (χ1n) is 11.5. The first-order valence-corrected chi connectivity index (χ1v) is 11.5. The molecule has 0 atom stereocenters. The van der Waals surface area contributed by atoms with E-state index >= 15 is 0 Å². The number of hydrogen-bond donors (Lipinski definition) is 0. The van der Waals surface area contributed by atoms with Gasteiger partial charge in [0.2, 0.25) is 0 Å². The third-order valence-corrected chi connectivity index (χ3v) is 5.44. The molecule has 0 N–H and O–H groups in total. The molecular weight excluding hydrogens is 378 g/mol. The predicted octanol–water partition coefficient (Wildman–Crippen LogP) is 7.00. The summed E-state index contributed by atoms with van der Waals surface area (Å²) in [4.78, 5) is 12.9. The maximum atomic E-state index is 4.30. The van der Waals surface area contributed by atoms with E-state index in [0.29, 0.717) is 0 Å². The summed E-state index contributed by atoms with van der Waals surface area (Å²) < 4.78 is 0. The molecule has 3 heteroatoms. The van der Waals surface area contributed by atoms with Crippen LogP contribution in [0.3, 0.4) is 0 Å². The van der Waals surface area contributed by atoms with E-state index in [0.717, 1.165) is 43.2 Å². The quantitative estimate of drug-likeness (QED) is 0.321. The Kier molecular flexibility index (Phi) is 7.88. The fourth-order valence-electron chi connectivity index (χ4n) is 3.90. The van der Waals surface area contributed by atoms with Gasteiger partial charge >= 0.3 is 0 Å². The van der Waals surface area contributed by atoms with Gasteiger partial charge < -0.3 is 0 Å². The molecule has 0 radical (unpaired) electrons. The van der Waals surface area contributed by atoms with Crippen molar-refractivity contribution in [1.82, 2.24) is 15.0 Å². The van der Waals surface area contributed by atoms with E-state index < -0.39 is 0 Å². The Balaban J connectivity index is 0.000000173. The zero-order valence-corrected chi connectivity index (χ0v) is 19.4. The molecule has 0 amide bonds. The zero-order valence-electron chi connectivity index (χ0n) is 19.4. The molecule has 3 aromatic carbocycles. The Morgan fingerprint density at radius 2 is 1.16 bits per heavy atom. The summed E-state index contributed by atoms with van der Waals surface area (Å²) in [6.07, 6.45) is 3.75. The van der Waals surface area contributed by atoms with Crippen LogP contribution in [0.25, 0.3) is 21.9 Å². The maximum Gasteiger partial charge on any atom is 0.132 e. The van der Waals surface area contributed by atoms with Crippen LogP contribution >= 0.6 is 0 Å². The molecule has 160 valence electrons. The van der Waals surface area contributed by atoms with Crippen molar-refractivity contribution in [1.29, 1.82) is 0 Å². The monoisotopic (exact) mass is 411 g/mol. The van der Waals surface area contributed by atoms with E-state index in [4.69, 9.17) is 0 Å². The van der Waals surface area contributed by atoms with Crippen LogP contribution in [0.5, 0.6) is 0 Å². The van der Waals surface area contributed by atoms with Crippen molar-refractivity contribution in [2.75, 3.05) is 0 Å². The van der Waals surface area contributed by atoms with Gasteiger partial charge in [0.05, 0.1) is 0 Å². The fraction of sp³-hybridized carbons (Fsp3) is 0.321. The van der Waals surface area contributed by atoms with Crippen LogP contribution in [0.15, 0.2) is 60.7 Å². The highest BCUT2D eigenvalue weighted by atomic mass is 15.0. The highest BCUT2D eigenvalue weighted by molar-refractivity contribution is 5.95.